The molecule has 2 heterocycles. The monoisotopic (exact) mass is 436 g/mol. The maximum absolute atomic E-state index is 12.2. The van der Waals surface area contributed by atoms with Crippen LogP contribution in [0.2, 0.25) is 0 Å². The molecule has 0 spiro atoms. The van der Waals surface area contributed by atoms with Crippen molar-refractivity contribution in [3.05, 3.63) is 17.5 Å². The highest BCUT2D eigenvalue weighted by Crippen LogP contribution is 2.29. The van der Waals surface area contributed by atoms with Gasteiger partial charge in [0.1, 0.15) is 0 Å². The van der Waals surface area contributed by atoms with Gasteiger partial charge < -0.3 is 14.6 Å². The number of thiophene rings is 1. The molecule has 1 aliphatic rings. The van der Waals surface area contributed by atoms with Crippen LogP contribution in [0.15, 0.2) is 22.7 Å². The van der Waals surface area contributed by atoms with E-state index in [0.29, 0.717) is 23.5 Å². The number of amides is 1. The molecule has 1 aliphatic carbocycles. The van der Waals surface area contributed by atoms with E-state index < -0.39 is 5.97 Å². The molecule has 0 unspecified atom stereocenters. The second-order valence-corrected chi connectivity index (χ2v) is 9.31. The number of nitrogens with zero attached hydrogens (tertiary/aromatic N) is 3. The summed E-state index contributed by atoms with van der Waals surface area (Å²) < 4.78 is 7.13. The predicted molar refractivity (Wildman–Crippen MR) is 115 cm³/mol. The average molecular weight is 437 g/mol. The van der Waals surface area contributed by atoms with Crippen LogP contribution in [0.25, 0.3) is 10.7 Å². The number of aromatic nitrogens is 3. The van der Waals surface area contributed by atoms with Crippen LogP contribution >= 0.6 is 23.1 Å². The van der Waals surface area contributed by atoms with Gasteiger partial charge in [-0.15, -0.1) is 21.5 Å². The van der Waals surface area contributed by atoms with Crippen LogP contribution in [0.3, 0.4) is 0 Å². The maximum atomic E-state index is 12.2. The summed E-state index contributed by atoms with van der Waals surface area (Å²) in [6.45, 7) is 6.88. The van der Waals surface area contributed by atoms with Crippen LogP contribution in [0.4, 0.5) is 0 Å². The van der Waals surface area contributed by atoms with Gasteiger partial charge >= 0.3 is 5.97 Å². The van der Waals surface area contributed by atoms with E-state index in [4.69, 9.17) is 4.74 Å². The molecule has 0 aromatic carbocycles. The van der Waals surface area contributed by atoms with Gasteiger partial charge in [0, 0.05) is 12.6 Å². The van der Waals surface area contributed by atoms with Crippen molar-refractivity contribution < 1.29 is 14.3 Å². The molecule has 0 saturated heterocycles. The van der Waals surface area contributed by atoms with E-state index in [0.717, 1.165) is 23.5 Å². The van der Waals surface area contributed by atoms with Crippen LogP contribution < -0.4 is 5.32 Å². The van der Waals surface area contributed by atoms with Crippen molar-refractivity contribution in [1.82, 2.24) is 20.1 Å². The number of nitrogens with one attached hydrogen (secondary N) is 1. The summed E-state index contributed by atoms with van der Waals surface area (Å²) in [7, 11) is 0. The van der Waals surface area contributed by atoms with E-state index in [1.54, 1.807) is 11.3 Å². The normalized spacial score (nSPS) is 21.7. The van der Waals surface area contributed by atoms with Crippen molar-refractivity contribution in [3.63, 3.8) is 0 Å². The molecule has 1 amide bonds. The molecule has 2 aromatic rings. The summed E-state index contributed by atoms with van der Waals surface area (Å²) in [5.74, 6) is 1.27. The van der Waals surface area contributed by atoms with E-state index >= 15 is 0 Å². The molecular formula is C20H28N4O3S2. The van der Waals surface area contributed by atoms with E-state index in [-0.39, 0.29) is 24.3 Å². The van der Waals surface area contributed by atoms with Crippen molar-refractivity contribution >= 4 is 35.0 Å². The number of ether oxygens (including phenoxy) is 1. The lowest BCUT2D eigenvalue weighted by atomic mass is 9.78. The zero-order valence-electron chi connectivity index (χ0n) is 17.1. The number of carbonyl (C=O) groups excluding carboxylic acids is 2. The third kappa shape index (κ3) is 5.60. The quantitative estimate of drug-likeness (QED) is 0.503. The first-order valence-electron chi connectivity index (χ1n) is 10.0. The Hall–Kier alpha value is -1.87. The number of thioether (sulfide) groups is 1. The highest BCUT2D eigenvalue weighted by molar-refractivity contribution is 7.99. The van der Waals surface area contributed by atoms with E-state index in [2.05, 4.69) is 29.4 Å². The number of esters is 1. The molecule has 0 radical (unpaired) electrons. The molecule has 0 aliphatic heterocycles. The zero-order valence-corrected chi connectivity index (χ0v) is 18.7. The summed E-state index contributed by atoms with van der Waals surface area (Å²) >= 11 is 2.87. The molecule has 2 aromatic heterocycles. The zero-order chi connectivity index (χ0) is 20.8. The van der Waals surface area contributed by atoms with Gasteiger partial charge in [0.15, 0.2) is 17.6 Å². The van der Waals surface area contributed by atoms with Crippen LogP contribution in [0.1, 0.15) is 40.0 Å². The Balaban J connectivity index is 1.45. The van der Waals surface area contributed by atoms with Crippen molar-refractivity contribution in [2.75, 3.05) is 12.4 Å². The third-order valence-corrected chi connectivity index (χ3v) is 7.32. The van der Waals surface area contributed by atoms with Gasteiger partial charge in [-0.1, -0.05) is 44.5 Å². The SMILES string of the molecule is CCn1c(SCC(=O)OCC(=O)N[C@H]2CCC[C@H](C)[C@@H]2C)nnc1-c1cccs1. The Morgan fingerprint density at radius 2 is 2.17 bits per heavy atom. The lowest BCUT2D eigenvalue weighted by Gasteiger charge is -2.34. The highest BCUT2D eigenvalue weighted by atomic mass is 32.2. The number of hydrogen-bond acceptors (Lipinski definition) is 7. The van der Waals surface area contributed by atoms with Gasteiger partial charge in [-0.2, -0.15) is 0 Å². The fraction of sp³-hybridized carbons (Fsp3) is 0.600. The fourth-order valence-corrected chi connectivity index (χ4v) is 5.13. The second kappa shape index (κ2) is 10.2. The summed E-state index contributed by atoms with van der Waals surface area (Å²) in [6, 6.07) is 4.13. The van der Waals surface area contributed by atoms with Gasteiger partial charge in [0.05, 0.1) is 10.6 Å². The number of hydrogen-bond donors (Lipinski definition) is 1. The van der Waals surface area contributed by atoms with Crippen LogP contribution in [-0.2, 0) is 20.9 Å². The fourth-order valence-electron chi connectivity index (χ4n) is 3.61. The smallest absolute Gasteiger partial charge is 0.316 e. The van der Waals surface area contributed by atoms with Crippen molar-refractivity contribution in [2.45, 2.75) is 57.8 Å². The molecule has 7 nitrogen and oxygen atoms in total. The molecule has 1 fully saturated rings. The molecule has 3 rings (SSSR count). The van der Waals surface area contributed by atoms with E-state index in [1.807, 2.05) is 29.0 Å². The topological polar surface area (TPSA) is 86.1 Å². The van der Waals surface area contributed by atoms with Crippen LogP contribution in [-0.4, -0.2) is 45.0 Å². The standard InChI is InChI=1S/C20H28N4O3S2/c1-4-24-19(16-9-6-10-28-16)22-23-20(24)29-12-18(26)27-11-17(25)21-15-8-5-7-13(2)14(15)3/h6,9-10,13-15H,4-5,7-8,11-12H2,1-3H3,(H,21,25)/t13-,14-,15-/m0/s1. The highest BCUT2D eigenvalue weighted by Gasteiger charge is 2.28. The van der Waals surface area contributed by atoms with Crippen molar-refractivity contribution in [3.8, 4) is 10.7 Å². The third-order valence-electron chi connectivity index (χ3n) is 5.51. The van der Waals surface area contributed by atoms with Crippen molar-refractivity contribution in [1.29, 1.82) is 0 Å². The second-order valence-electron chi connectivity index (χ2n) is 7.42. The molecule has 3 atom stereocenters. The summed E-state index contributed by atoms with van der Waals surface area (Å²) in [4.78, 5) is 25.3. The van der Waals surface area contributed by atoms with E-state index in [1.165, 1.54) is 18.2 Å². The van der Waals surface area contributed by atoms with Crippen LogP contribution in [0.5, 0.6) is 0 Å². The number of rotatable bonds is 8. The number of carbonyl (C=O) groups is 2. The first-order valence-corrected chi connectivity index (χ1v) is 11.9. The van der Waals surface area contributed by atoms with E-state index in [9.17, 15) is 9.59 Å². The lowest BCUT2D eigenvalue weighted by Crippen LogP contribution is -2.45. The summed E-state index contributed by atoms with van der Waals surface area (Å²) in [5, 5.41) is 14.1. The predicted octanol–water partition coefficient (Wildman–Crippen LogP) is 3.60. The minimum atomic E-state index is -0.432. The minimum absolute atomic E-state index is 0.0900. The van der Waals surface area contributed by atoms with Crippen LogP contribution in [0, 0.1) is 11.8 Å². The first kappa shape index (κ1) is 21.8. The Bertz CT molecular complexity index is 822. The van der Waals surface area contributed by atoms with Gasteiger partial charge in [0.25, 0.3) is 5.91 Å². The molecule has 9 heteroatoms. The Morgan fingerprint density at radius 3 is 2.90 bits per heavy atom. The summed E-state index contributed by atoms with van der Waals surface area (Å²) in [6.07, 6.45) is 3.31. The van der Waals surface area contributed by atoms with Gasteiger partial charge in [-0.05, 0) is 36.6 Å². The average Bonchev–Trinajstić information content (AvgIpc) is 3.37. The Morgan fingerprint density at radius 1 is 1.34 bits per heavy atom. The van der Waals surface area contributed by atoms with Gasteiger partial charge in [0.2, 0.25) is 0 Å². The molecule has 158 valence electrons. The minimum Gasteiger partial charge on any atom is -0.455 e. The van der Waals surface area contributed by atoms with Gasteiger partial charge in [-0.3, -0.25) is 9.59 Å². The summed E-state index contributed by atoms with van der Waals surface area (Å²) in [5.41, 5.74) is 0. The van der Waals surface area contributed by atoms with Gasteiger partial charge in [-0.25, -0.2) is 0 Å². The first-order chi connectivity index (χ1) is 14.0. The Labute approximate surface area is 179 Å². The molecule has 29 heavy (non-hydrogen) atoms. The Kier molecular flexibility index (Phi) is 7.71. The maximum Gasteiger partial charge on any atom is 0.316 e. The largest absolute Gasteiger partial charge is 0.455 e. The molecule has 0 bridgehead atoms. The molecule has 1 saturated carbocycles. The van der Waals surface area contributed by atoms with Crippen molar-refractivity contribution in [2.24, 2.45) is 11.8 Å². The molecular weight excluding hydrogens is 408 g/mol. The lowest BCUT2D eigenvalue weighted by molar-refractivity contribution is -0.146. The molecule has 1 N–H and O–H groups in total.